The van der Waals surface area contributed by atoms with E-state index in [-0.39, 0.29) is 5.60 Å². The molecule has 0 aromatic carbocycles. The van der Waals surface area contributed by atoms with Crippen molar-refractivity contribution < 1.29 is 5.11 Å². The van der Waals surface area contributed by atoms with Gasteiger partial charge >= 0.3 is 0 Å². The smallest absolute Gasteiger partial charge is 0.0701 e. The van der Waals surface area contributed by atoms with E-state index in [0.717, 1.165) is 25.9 Å². The minimum Gasteiger partial charge on any atom is -0.390 e. The highest BCUT2D eigenvalue weighted by Gasteiger charge is 2.44. The number of nitrogens with zero attached hydrogens (tertiary/aromatic N) is 1. The van der Waals surface area contributed by atoms with Gasteiger partial charge in [0.05, 0.1) is 5.60 Å². The van der Waals surface area contributed by atoms with Gasteiger partial charge in [0, 0.05) is 13.1 Å². The summed E-state index contributed by atoms with van der Waals surface area (Å²) in [5.74, 6) is 0.628. The van der Waals surface area contributed by atoms with Crippen molar-refractivity contribution in [2.45, 2.75) is 31.3 Å². The van der Waals surface area contributed by atoms with E-state index in [0.29, 0.717) is 5.92 Å². The molecular weight excluding hydrogens is 126 g/mol. The molecule has 2 fully saturated rings. The number of hydrogen-bond donors (Lipinski definition) is 1. The van der Waals surface area contributed by atoms with Crippen molar-refractivity contribution in [2.24, 2.45) is 5.92 Å². The summed E-state index contributed by atoms with van der Waals surface area (Å²) in [5, 5.41) is 14.2. The Bertz CT molecular complexity index is 125. The Morgan fingerprint density at radius 2 is 1.80 bits per heavy atom. The standard InChI is InChI=1S/C8H14NO/c10-8(7-1-2-7)3-5-9-6-4-8/h7,10H,1-6H2. The predicted octanol–water partition coefficient (Wildman–Crippen LogP) is 0.526. The molecule has 10 heavy (non-hydrogen) atoms. The lowest BCUT2D eigenvalue weighted by Gasteiger charge is -2.31. The lowest BCUT2D eigenvalue weighted by molar-refractivity contribution is -0.0113. The van der Waals surface area contributed by atoms with Crippen molar-refractivity contribution in [1.82, 2.24) is 5.32 Å². The van der Waals surface area contributed by atoms with E-state index in [2.05, 4.69) is 5.32 Å². The van der Waals surface area contributed by atoms with Crippen LogP contribution in [0.15, 0.2) is 0 Å². The summed E-state index contributed by atoms with van der Waals surface area (Å²) in [5.41, 5.74) is -0.304. The van der Waals surface area contributed by atoms with Gasteiger partial charge in [0.15, 0.2) is 0 Å². The van der Waals surface area contributed by atoms with E-state index in [1.165, 1.54) is 12.8 Å². The van der Waals surface area contributed by atoms with Crippen molar-refractivity contribution in [3.63, 3.8) is 0 Å². The Morgan fingerprint density at radius 1 is 1.20 bits per heavy atom. The highest BCUT2D eigenvalue weighted by atomic mass is 16.3. The van der Waals surface area contributed by atoms with Crippen LogP contribution in [0.1, 0.15) is 25.7 Å². The Kier molecular flexibility index (Phi) is 1.46. The zero-order valence-corrected chi connectivity index (χ0v) is 6.21. The molecule has 2 nitrogen and oxygen atoms in total. The lowest BCUT2D eigenvalue weighted by atomic mass is 9.88. The highest BCUT2D eigenvalue weighted by molar-refractivity contribution is 4.96. The van der Waals surface area contributed by atoms with E-state index < -0.39 is 0 Å². The van der Waals surface area contributed by atoms with Gasteiger partial charge in [-0.05, 0) is 31.6 Å². The SMILES string of the molecule is OC1(C2CC2)CC[N]CC1. The third-order valence-electron chi connectivity index (χ3n) is 2.74. The summed E-state index contributed by atoms with van der Waals surface area (Å²) < 4.78 is 0. The van der Waals surface area contributed by atoms with E-state index in [9.17, 15) is 5.11 Å². The minimum atomic E-state index is -0.304. The molecule has 1 N–H and O–H groups in total. The van der Waals surface area contributed by atoms with Crippen LogP contribution in [-0.4, -0.2) is 23.8 Å². The Balaban J connectivity index is 1.97. The van der Waals surface area contributed by atoms with Gasteiger partial charge in [0.2, 0.25) is 0 Å². The molecule has 1 aliphatic heterocycles. The molecule has 1 aliphatic carbocycles. The fraction of sp³-hybridized carbons (Fsp3) is 1.00. The third kappa shape index (κ3) is 1.06. The number of piperidine rings is 1. The van der Waals surface area contributed by atoms with Crippen molar-refractivity contribution in [3.8, 4) is 0 Å². The topological polar surface area (TPSA) is 34.3 Å². The van der Waals surface area contributed by atoms with E-state index >= 15 is 0 Å². The van der Waals surface area contributed by atoms with Gasteiger partial charge < -0.3 is 5.11 Å². The first kappa shape index (κ1) is 6.62. The fourth-order valence-corrected chi connectivity index (χ4v) is 1.81. The normalized spacial score (nSPS) is 32.1. The first-order valence-electron chi connectivity index (χ1n) is 4.17. The number of rotatable bonds is 1. The average molecular weight is 140 g/mol. The van der Waals surface area contributed by atoms with Crippen LogP contribution in [0.4, 0.5) is 0 Å². The lowest BCUT2D eigenvalue weighted by Crippen LogP contribution is -2.40. The van der Waals surface area contributed by atoms with Crippen LogP contribution in [0.25, 0.3) is 0 Å². The van der Waals surface area contributed by atoms with Crippen LogP contribution in [0, 0.1) is 5.92 Å². The van der Waals surface area contributed by atoms with E-state index in [1.807, 2.05) is 0 Å². The van der Waals surface area contributed by atoms with Gasteiger partial charge in [-0.15, -0.1) is 0 Å². The molecule has 0 aromatic heterocycles. The predicted molar refractivity (Wildman–Crippen MR) is 38.8 cm³/mol. The van der Waals surface area contributed by atoms with Gasteiger partial charge in [-0.2, -0.15) is 0 Å². The molecule has 2 aliphatic rings. The Labute approximate surface area is 61.6 Å². The molecule has 0 unspecified atom stereocenters. The molecule has 1 saturated carbocycles. The first-order chi connectivity index (χ1) is 4.81. The monoisotopic (exact) mass is 140 g/mol. The zero-order valence-electron chi connectivity index (χ0n) is 6.21. The molecule has 1 saturated heterocycles. The van der Waals surface area contributed by atoms with Gasteiger partial charge in [-0.25, -0.2) is 5.32 Å². The third-order valence-corrected chi connectivity index (χ3v) is 2.74. The highest BCUT2D eigenvalue weighted by Crippen LogP contribution is 2.44. The minimum absolute atomic E-state index is 0.304. The summed E-state index contributed by atoms with van der Waals surface area (Å²) in [6.45, 7) is 1.76. The molecule has 1 heterocycles. The van der Waals surface area contributed by atoms with Crippen LogP contribution >= 0.6 is 0 Å². The summed E-state index contributed by atoms with van der Waals surface area (Å²) in [6, 6.07) is 0. The fourth-order valence-electron chi connectivity index (χ4n) is 1.81. The van der Waals surface area contributed by atoms with Crippen molar-refractivity contribution >= 4 is 0 Å². The maximum Gasteiger partial charge on any atom is 0.0701 e. The molecule has 57 valence electrons. The van der Waals surface area contributed by atoms with Crippen molar-refractivity contribution in [1.29, 1.82) is 0 Å². The summed E-state index contributed by atoms with van der Waals surface area (Å²) in [7, 11) is 0. The summed E-state index contributed by atoms with van der Waals surface area (Å²) >= 11 is 0. The second kappa shape index (κ2) is 2.21. The molecule has 0 bridgehead atoms. The molecule has 0 atom stereocenters. The number of aliphatic hydroxyl groups is 1. The van der Waals surface area contributed by atoms with Gasteiger partial charge in [0.25, 0.3) is 0 Å². The van der Waals surface area contributed by atoms with Crippen molar-refractivity contribution in [3.05, 3.63) is 0 Å². The largest absolute Gasteiger partial charge is 0.390 e. The van der Waals surface area contributed by atoms with E-state index in [4.69, 9.17) is 0 Å². The molecular formula is C8H14NO. The molecule has 1 radical (unpaired) electrons. The average Bonchev–Trinajstić information content (AvgIpc) is 2.69. The van der Waals surface area contributed by atoms with Crippen LogP contribution < -0.4 is 5.32 Å². The molecule has 0 amide bonds. The zero-order chi connectivity index (χ0) is 7.03. The first-order valence-corrected chi connectivity index (χ1v) is 4.17. The summed E-state index contributed by atoms with van der Waals surface area (Å²) in [6.07, 6.45) is 4.32. The van der Waals surface area contributed by atoms with Crippen LogP contribution in [0.3, 0.4) is 0 Å². The second-order valence-corrected chi connectivity index (χ2v) is 3.55. The Hall–Kier alpha value is -0.0800. The van der Waals surface area contributed by atoms with Gasteiger partial charge in [0.1, 0.15) is 0 Å². The molecule has 2 rings (SSSR count). The summed E-state index contributed by atoms with van der Waals surface area (Å²) in [4.78, 5) is 0. The van der Waals surface area contributed by atoms with Crippen LogP contribution in [-0.2, 0) is 0 Å². The van der Waals surface area contributed by atoms with E-state index in [1.54, 1.807) is 0 Å². The molecule has 2 heteroatoms. The van der Waals surface area contributed by atoms with Crippen molar-refractivity contribution in [2.75, 3.05) is 13.1 Å². The van der Waals surface area contributed by atoms with Gasteiger partial charge in [-0.1, -0.05) is 0 Å². The Morgan fingerprint density at radius 3 is 2.30 bits per heavy atom. The van der Waals surface area contributed by atoms with Crippen LogP contribution in [0.2, 0.25) is 0 Å². The number of hydrogen-bond acceptors (Lipinski definition) is 1. The molecule has 0 aromatic rings. The second-order valence-electron chi connectivity index (χ2n) is 3.55. The maximum atomic E-state index is 9.95. The van der Waals surface area contributed by atoms with Gasteiger partial charge in [-0.3, -0.25) is 0 Å². The maximum absolute atomic E-state index is 9.95. The van der Waals surface area contributed by atoms with Crippen LogP contribution in [0.5, 0.6) is 0 Å². The quantitative estimate of drug-likeness (QED) is 0.566. The molecule has 0 spiro atoms.